The number of carbonyl (C=O) groups excluding carboxylic acids is 3. The lowest BCUT2D eigenvalue weighted by Gasteiger charge is -2.22. The zero-order valence-electron chi connectivity index (χ0n) is 20.9. The maximum Gasteiger partial charge on any atom is 0.337 e. The number of esters is 1. The Bertz CT molecular complexity index is 1340. The highest BCUT2D eigenvalue weighted by atomic mass is 32.1. The van der Waals surface area contributed by atoms with Crippen LogP contribution in [0.5, 0.6) is 11.7 Å². The number of aromatic nitrogens is 2. The molecule has 0 bridgehead atoms. The second-order valence-electron chi connectivity index (χ2n) is 8.28. The van der Waals surface area contributed by atoms with E-state index in [2.05, 4.69) is 15.3 Å². The molecule has 1 atom stereocenters. The fourth-order valence-corrected chi connectivity index (χ4v) is 4.35. The van der Waals surface area contributed by atoms with Crippen LogP contribution in [0.4, 0.5) is 11.4 Å². The molecule has 1 saturated heterocycles. The summed E-state index contributed by atoms with van der Waals surface area (Å²) < 4.78 is 16.1. The summed E-state index contributed by atoms with van der Waals surface area (Å²) in [6.45, 7) is 2.26. The molecule has 1 N–H and O–H groups in total. The van der Waals surface area contributed by atoms with Crippen molar-refractivity contribution in [2.45, 2.75) is 25.9 Å². The maximum atomic E-state index is 13.6. The lowest BCUT2D eigenvalue weighted by Crippen LogP contribution is -2.42. The Balaban J connectivity index is 1.57. The van der Waals surface area contributed by atoms with Crippen molar-refractivity contribution in [3.05, 3.63) is 59.8 Å². The number of nitrogens with zero attached hydrogens (tertiary/aromatic N) is 4. The van der Waals surface area contributed by atoms with Crippen molar-refractivity contribution < 1.29 is 38.2 Å². The van der Waals surface area contributed by atoms with Gasteiger partial charge in [-0.25, -0.2) is 4.79 Å². The minimum atomic E-state index is -1.00. The molecule has 1 fully saturated rings. The predicted octanol–water partition coefficient (Wildman–Crippen LogP) is 1.29. The van der Waals surface area contributed by atoms with Gasteiger partial charge in [0.05, 0.1) is 36.7 Å². The first-order chi connectivity index (χ1) is 18.2. The van der Waals surface area contributed by atoms with Crippen LogP contribution in [0.2, 0.25) is 0 Å². The van der Waals surface area contributed by atoms with Crippen molar-refractivity contribution in [1.82, 2.24) is 10.2 Å². The van der Waals surface area contributed by atoms with Crippen molar-refractivity contribution in [1.29, 1.82) is 0 Å². The number of amides is 2. The van der Waals surface area contributed by atoms with Crippen LogP contribution in [0.1, 0.15) is 29.4 Å². The number of methoxy groups -OCH3 is 1. The normalized spacial score (nSPS) is 15.1. The van der Waals surface area contributed by atoms with Gasteiger partial charge < -0.3 is 29.3 Å². The van der Waals surface area contributed by atoms with E-state index in [0.717, 1.165) is 0 Å². The average Bonchev–Trinajstić information content (AvgIpc) is 3.34. The smallest absolute Gasteiger partial charge is 0.337 e. The third-order valence-corrected chi connectivity index (χ3v) is 6.30. The second kappa shape index (κ2) is 11.3. The highest BCUT2D eigenvalue weighted by Crippen LogP contribution is 2.30. The number of nitrogens with one attached hydrogen (secondary N) is 1. The highest BCUT2D eigenvalue weighted by Gasteiger charge is 2.45. The molecule has 4 rings (SSSR count). The number of hydrogen-bond acceptors (Lipinski definition) is 9. The lowest BCUT2D eigenvalue weighted by molar-refractivity contribution is -0.746. The number of carbonyl (C=O) groups is 3. The third-order valence-electron chi connectivity index (χ3n) is 5.89. The number of hydrogen-bond donors (Lipinski definition) is 1. The fraction of sp³-hybridized carbons (Fsp3) is 0.280. The lowest BCUT2D eigenvalue weighted by atomic mass is 10.1. The van der Waals surface area contributed by atoms with E-state index in [1.54, 1.807) is 36.4 Å². The van der Waals surface area contributed by atoms with Gasteiger partial charge in [-0.3, -0.25) is 14.5 Å². The molecule has 3 aromatic rings. The van der Waals surface area contributed by atoms with Crippen LogP contribution in [0.25, 0.3) is 0 Å². The van der Waals surface area contributed by atoms with E-state index >= 15 is 0 Å². The van der Waals surface area contributed by atoms with Crippen LogP contribution < -0.4 is 24.7 Å². The zero-order chi connectivity index (χ0) is 27.4. The minimum absolute atomic E-state index is 0.0945. The van der Waals surface area contributed by atoms with Gasteiger partial charge in [-0.15, -0.1) is 0 Å². The summed E-state index contributed by atoms with van der Waals surface area (Å²) in [6, 6.07) is 11.9. The minimum Gasteiger partial charge on any atom is -0.539 e. The molecular weight excluding hydrogens is 514 g/mol. The maximum absolute atomic E-state index is 13.6. The van der Waals surface area contributed by atoms with Crippen molar-refractivity contribution in [2.75, 3.05) is 23.9 Å². The molecule has 198 valence electrons. The Hall–Kier alpha value is -4.52. The monoisotopic (exact) mass is 539 g/mol. The highest BCUT2D eigenvalue weighted by molar-refractivity contribution is 7.80. The van der Waals surface area contributed by atoms with E-state index in [9.17, 15) is 19.5 Å². The summed E-state index contributed by atoms with van der Waals surface area (Å²) >= 11 is 5.64. The topological polar surface area (TPSA) is 141 Å². The Labute approximate surface area is 223 Å². The van der Waals surface area contributed by atoms with E-state index in [0.29, 0.717) is 29.3 Å². The summed E-state index contributed by atoms with van der Waals surface area (Å²) in [6.07, 6.45) is -0.256. The van der Waals surface area contributed by atoms with Crippen molar-refractivity contribution >= 4 is 46.5 Å². The van der Waals surface area contributed by atoms with Gasteiger partial charge in [-0.1, -0.05) is 4.68 Å². The van der Waals surface area contributed by atoms with Gasteiger partial charge >= 0.3 is 5.97 Å². The van der Waals surface area contributed by atoms with E-state index in [1.807, 2.05) is 6.92 Å². The van der Waals surface area contributed by atoms with Gasteiger partial charge in [0.1, 0.15) is 18.3 Å². The third kappa shape index (κ3) is 5.42. The summed E-state index contributed by atoms with van der Waals surface area (Å²) in [5, 5.41) is 18.6. The number of aryl methyl sites for hydroxylation is 1. The Morgan fingerprint density at radius 3 is 2.45 bits per heavy atom. The SMILES string of the molecule is CCOc1ccc(N2C(=O)C(CC(=O)Nc3ccc(C(=O)OC)cc3)N(Cc3c([O-])on[n+]3C)C2=S)cc1. The van der Waals surface area contributed by atoms with E-state index in [-0.39, 0.29) is 23.8 Å². The van der Waals surface area contributed by atoms with E-state index in [1.165, 1.54) is 40.8 Å². The van der Waals surface area contributed by atoms with Crippen LogP contribution in [0, 0.1) is 0 Å². The van der Waals surface area contributed by atoms with Gasteiger partial charge in [0.15, 0.2) is 18.1 Å². The van der Waals surface area contributed by atoms with Crippen LogP contribution in [-0.4, -0.2) is 52.8 Å². The molecule has 2 heterocycles. The molecule has 0 radical (unpaired) electrons. The molecule has 1 unspecified atom stereocenters. The first-order valence-corrected chi connectivity index (χ1v) is 12.0. The number of ether oxygens (including phenoxy) is 2. The second-order valence-corrected chi connectivity index (χ2v) is 8.64. The molecular formula is C25H25N5O7S. The largest absolute Gasteiger partial charge is 0.539 e. The van der Waals surface area contributed by atoms with Gasteiger partial charge in [0, 0.05) is 5.69 Å². The van der Waals surface area contributed by atoms with Gasteiger partial charge in [-0.2, -0.15) is 0 Å². The van der Waals surface area contributed by atoms with Crippen LogP contribution in [0.15, 0.2) is 53.1 Å². The average molecular weight is 540 g/mol. The quantitative estimate of drug-likeness (QED) is 0.240. The summed E-state index contributed by atoms with van der Waals surface area (Å²) in [5.74, 6) is -1.43. The number of thiocarbonyl (C=S) groups is 1. The standard InChI is InChI=1S/C25H25N5O7S/c1-4-36-18-11-9-17(10-12-18)30-22(32)19(29(25(30)38)14-20-24(34)37-27-28(20)2)13-21(31)26-16-7-5-15(6-8-16)23(33)35-3/h5-12,19H,4,13-14H2,1-3H3,(H-,26,27,31,33,34). The Kier molecular flexibility index (Phi) is 7.86. The molecule has 38 heavy (non-hydrogen) atoms. The Morgan fingerprint density at radius 1 is 1.18 bits per heavy atom. The molecule has 1 aliphatic rings. The molecule has 2 aromatic carbocycles. The first kappa shape index (κ1) is 26.5. The number of anilines is 2. The Morgan fingerprint density at radius 2 is 1.87 bits per heavy atom. The molecule has 0 aliphatic carbocycles. The molecule has 0 spiro atoms. The molecule has 1 aromatic heterocycles. The molecule has 1 aliphatic heterocycles. The first-order valence-electron chi connectivity index (χ1n) is 11.6. The summed E-state index contributed by atoms with van der Waals surface area (Å²) in [7, 11) is 2.81. The van der Waals surface area contributed by atoms with Crippen LogP contribution in [0.3, 0.4) is 0 Å². The fourth-order valence-electron chi connectivity index (χ4n) is 3.97. The van der Waals surface area contributed by atoms with Crippen LogP contribution in [-0.2, 0) is 27.9 Å². The summed E-state index contributed by atoms with van der Waals surface area (Å²) in [4.78, 5) is 41.0. The van der Waals surface area contributed by atoms with Gasteiger partial charge in [0.25, 0.3) is 11.6 Å². The molecule has 2 amide bonds. The van der Waals surface area contributed by atoms with Crippen molar-refractivity contribution in [2.24, 2.45) is 7.05 Å². The predicted molar refractivity (Wildman–Crippen MR) is 135 cm³/mol. The number of benzene rings is 2. The van der Waals surface area contributed by atoms with Crippen LogP contribution >= 0.6 is 12.2 Å². The zero-order valence-corrected chi connectivity index (χ0v) is 21.7. The number of rotatable bonds is 9. The molecule has 0 saturated carbocycles. The summed E-state index contributed by atoms with van der Waals surface area (Å²) in [5.41, 5.74) is 1.41. The van der Waals surface area contributed by atoms with Crippen molar-refractivity contribution in [3.63, 3.8) is 0 Å². The van der Waals surface area contributed by atoms with E-state index < -0.39 is 29.8 Å². The molecule has 12 nitrogen and oxygen atoms in total. The van der Waals surface area contributed by atoms with Gasteiger partial charge in [-0.05, 0) is 67.7 Å². The van der Waals surface area contributed by atoms with Gasteiger partial charge in [0.2, 0.25) is 5.91 Å². The van der Waals surface area contributed by atoms with Crippen molar-refractivity contribution in [3.8, 4) is 11.7 Å². The van der Waals surface area contributed by atoms with E-state index in [4.69, 9.17) is 21.5 Å². The molecule has 13 heteroatoms.